The van der Waals surface area contributed by atoms with Gasteiger partial charge in [-0.2, -0.15) is 0 Å². The first-order chi connectivity index (χ1) is 18.4. The lowest BCUT2D eigenvalue weighted by atomic mass is 9.73. The fourth-order valence-electron chi connectivity index (χ4n) is 4.76. The number of unbranched alkanes of at least 4 members (excludes halogenated alkanes) is 2. The molecule has 1 N–H and O–H groups in total. The number of carbonyl (C=O) groups excluding carboxylic acids is 1. The van der Waals surface area contributed by atoms with Gasteiger partial charge in [-0.15, -0.1) is 0 Å². The first-order valence-corrected chi connectivity index (χ1v) is 14.0. The molecule has 0 heterocycles. The number of benzene rings is 1. The van der Waals surface area contributed by atoms with Crippen molar-refractivity contribution in [2.24, 2.45) is 5.92 Å². The van der Waals surface area contributed by atoms with Crippen LogP contribution < -0.4 is 4.74 Å². The summed E-state index contributed by atoms with van der Waals surface area (Å²) in [5.41, 5.74) is 4.42. The maximum Gasteiger partial charge on any atom is 0.307 e. The third-order valence-electron chi connectivity index (χ3n) is 6.87. The van der Waals surface area contributed by atoms with Gasteiger partial charge in [-0.05, 0) is 63.1 Å². The number of ether oxygens (including phenoxy) is 5. The fraction of sp³-hybridized carbons (Fsp3) is 0.645. The topological polar surface area (TPSA) is 83.5 Å². The van der Waals surface area contributed by atoms with Crippen LogP contribution in [0.2, 0.25) is 0 Å². The number of allylic oxidation sites excluding steroid dienone is 3. The van der Waals surface area contributed by atoms with Gasteiger partial charge in [-0.1, -0.05) is 43.6 Å². The zero-order valence-electron chi connectivity index (χ0n) is 23.9. The Morgan fingerprint density at radius 1 is 1.03 bits per heavy atom. The van der Waals surface area contributed by atoms with Gasteiger partial charge in [0.1, 0.15) is 18.1 Å². The summed E-state index contributed by atoms with van der Waals surface area (Å²) >= 11 is 0. The minimum Gasteiger partial charge on any atom is -0.507 e. The summed E-state index contributed by atoms with van der Waals surface area (Å²) in [6, 6.07) is 4.01. The predicted octanol–water partition coefficient (Wildman–Crippen LogP) is 6.13. The van der Waals surface area contributed by atoms with E-state index in [4.69, 9.17) is 18.9 Å². The Labute approximate surface area is 229 Å². The number of rotatable bonds is 19. The molecule has 2 unspecified atom stereocenters. The minimum absolute atomic E-state index is 0.0464. The van der Waals surface area contributed by atoms with Crippen molar-refractivity contribution in [1.29, 1.82) is 0 Å². The van der Waals surface area contributed by atoms with Crippen molar-refractivity contribution in [3.63, 3.8) is 0 Å². The zero-order valence-corrected chi connectivity index (χ0v) is 23.9. The largest absolute Gasteiger partial charge is 0.507 e. The van der Waals surface area contributed by atoms with Gasteiger partial charge in [-0.25, -0.2) is 0 Å². The molecular weight excluding hydrogens is 484 g/mol. The van der Waals surface area contributed by atoms with Crippen molar-refractivity contribution in [3.8, 4) is 11.5 Å². The van der Waals surface area contributed by atoms with Crippen molar-refractivity contribution in [2.45, 2.75) is 71.6 Å². The molecule has 1 aliphatic carbocycles. The number of methoxy groups -OCH3 is 1. The highest BCUT2D eigenvalue weighted by Crippen LogP contribution is 2.47. The Hall–Kier alpha value is -2.35. The highest BCUT2D eigenvalue weighted by molar-refractivity contribution is 5.69. The summed E-state index contributed by atoms with van der Waals surface area (Å²) in [6.07, 6.45) is 8.92. The molecule has 7 nitrogen and oxygen atoms in total. The first kappa shape index (κ1) is 31.9. The molecule has 38 heavy (non-hydrogen) atoms. The quantitative estimate of drug-likeness (QED) is 0.130. The van der Waals surface area contributed by atoms with Gasteiger partial charge in [0.2, 0.25) is 0 Å². The molecule has 2 rings (SSSR count). The number of carbonyl (C=O) groups is 1. The second-order valence-corrected chi connectivity index (χ2v) is 10.0. The van der Waals surface area contributed by atoms with Gasteiger partial charge in [0.15, 0.2) is 0 Å². The van der Waals surface area contributed by atoms with Crippen LogP contribution in [-0.2, 0) is 30.2 Å². The lowest BCUT2D eigenvalue weighted by molar-refractivity contribution is -0.141. The van der Waals surface area contributed by atoms with Crippen LogP contribution in [0.4, 0.5) is 0 Å². The van der Waals surface area contributed by atoms with Crippen molar-refractivity contribution < 1.29 is 33.6 Å². The monoisotopic (exact) mass is 532 g/mol. The van der Waals surface area contributed by atoms with Crippen molar-refractivity contribution in [3.05, 3.63) is 47.1 Å². The van der Waals surface area contributed by atoms with Gasteiger partial charge < -0.3 is 28.8 Å². The number of phenolic OH excluding ortho intramolecular Hbond substituents is 1. The molecule has 0 fully saturated rings. The molecular formula is C31H48O7. The van der Waals surface area contributed by atoms with Gasteiger partial charge >= 0.3 is 5.97 Å². The summed E-state index contributed by atoms with van der Waals surface area (Å²) in [7, 11) is 1.36. The Kier molecular flexibility index (Phi) is 15.1. The van der Waals surface area contributed by atoms with Crippen LogP contribution in [0.25, 0.3) is 0 Å². The first-order valence-electron chi connectivity index (χ1n) is 14.0. The minimum atomic E-state index is -0.284. The normalized spacial score (nSPS) is 17.2. The van der Waals surface area contributed by atoms with Crippen LogP contribution in [0.3, 0.4) is 0 Å². The van der Waals surface area contributed by atoms with Crippen molar-refractivity contribution in [2.75, 3.05) is 53.4 Å². The Bertz CT molecular complexity index is 892. The van der Waals surface area contributed by atoms with Crippen LogP contribution in [0.15, 0.2) is 35.9 Å². The standard InChI is InChI=1S/C31H48O7/c1-6-7-8-9-25-21-28(32)31(27-20-24(4)10-11-26(27)23(2)3)29(22-25)38-19-18-37-17-16-36-15-14-35-13-12-30(33)34-5/h20-22,26-27,32H,2,6-19H2,1,3-5H3. The summed E-state index contributed by atoms with van der Waals surface area (Å²) < 4.78 is 27.3. The molecule has 0 aliphatic heterocycles. The molecule has 0 radical (unpaired) electrons. The van der Waals surface area contributed by atoms with Crippen LogP contribution >= 0.6 is 0 Å². The second kappa shape index (κ2) is 18.0. The number of aryl methyl sites for hydroxylation is 1. The summed E-state index contributed by atoms with van der Waals surface area (Å²) in [6.45, 7) is 13.5. The summed E-state index contributed by atoms with van der Waals surface area (Å²) in [5, 5.41) is 11.2. The predicted molar refractivity (Wildman–Crippen MR) is 150 cm³/mol. The van der Waals surface area contributed by atoms with E-state index >= 15 is 0 Å². The SMILES string of the molecule is C=C(C)C1CCC(C)=CC1c1c(O)cc(CCCCC)cc1OCCOCCOCCOCCC(=O)OC. The Morgan fingerprint density at radius 2 is 1.68 bits per heavy atom. The van der Waals surface area contributed by atoms with Gasteiger partial charge in [-0.3, -0.25) is 4.79 Å². The molecule has 7 heteroatoms. The summed E-state index contributed by atoms with van der Waals surface area (Å²) in [4.78, 5) is 11.0. The highest BCUT2D eigenvalue weighted by atomic mass is 16.6. The van der Waals surface area contributed by atoms with E-state index in [1.807, 2.05) is 6.07 Å². The number of esters is 1. The van der Waals surface area contributed by atoms with Crippen LogP contribution in [0, 0.1) is 5.92 Å². The average Bonchev–Trinajstić information content (AvgIpc) is 2.88. The van der Waals surface area contributed by atoms with Crippen LogP contribution in [0.1, 0.15) is 76.3 Å². The van der Waals surface area contributed by atoms with E-state index in [-0.39, 0.29) is 24.2 Å². The van der Waals surface area contributed by atoms with Crippen molar-refractivity contribution >= 4 is 5.97 Å². The number of hydrogen-bond acceptors (Lipinski definition) is 7. The molecule has 0 aromatic heterocycles. The lowest BCUT2D eigenvalue weighted by Crippen LogP contribution is -2.19. The summed E-state index contributed by atoms with van der Waals surface area (Å²) in [5.74, 6) is 1.08. The van der Waals surface area contributed by atoms with E-state index < -0.39 is 0 Å². The molecule has 0 saturated heterocycles. The maximum atomic E-state index is 11.2. The van der Waals surface area contributed by atoms with E-state index in [1.54, 1.807) is 0 Å². The van der Waals surface area contributed by atoms with Gasteiger partial charge in [0, 0.05) is 11.5 Å². The lowest BCUT2D eigenvalue weighted by Gasteiger charge is -2.32. The Morgan fingerprint density at radius 3 is 2.32 bits per heavy atom. The molecule has 1 aliphatic rings. The molecule has 0 saturated carbocycles. The van der Waals surface area contributed by atoms with E-state index in [0.717, 1.165) is 61.0 Å². The molecule has 1 aromatic rings. The molecule has 0 amide bonds. The van der Waals surface area contributed by atoms with E-state index in [9.17, 15) is 9.90 Å². The highest BCUT2D eigenvalue weighted by Gasteiger charge is 2.30. The van der Waals surface area contributed by atoms with E-state index in [2.05, 4.69) is 44.2 Å². The molecule has 214 valence electrons. The molecule has 0 bridgehead atoms. The third-order valence-corrected chi connectivity index (χ3v) is 6.87. The smallest absolute Gasteiger partial charge is 0.307 e. The number of aromatic hydroxyl groups is 1. The van der Waals surface area contributed by atoms with Gasteiger partial charge in [0.05, 0.1) is 53.2 Å². The van der Waals surface area contributed by atoms with Gasteiger partial charge in [0.25, 0.3) is 0 Å². The fourth-order valence-corrected chi connectivity index (χ4v) is 4.76. The number of phenols is 1. The zero-order chi connectivity index (χ0) is 27.8. The molecule has 0 spiro atoms. The second-order valence-electron chi connectivity index (χ2n) is 10.0. The molecule has 2 atom stereocenters. The van der Waals surface area contributed by atoms with E-state index in [0.29, 0.717) is 52.0 Å². The van der Waals surface area contributed by atoms with Crippen molar-refractivity contribution in [1.82, 2.24) is 0 Å². The molecule has 1 aromatic carbocycles. The Balaban J connectivity index is 1.89. The maximum absolute atomic E-state index is 11.2. The average molecular weight is 533 g/mol. The third kappa shape index (κ3) is 11.2. The number of hydrogen-bond donors (Lipinski definition) is 1. The van der Waals surface area contributed by atoms with E-state index in [1.165, 1.54) is 12.7 Å². The van der Waals surface area contributed by atoms with Crippen LogP contribution in [0.5, 0.6) is 11.5 Å². The van der Waals surface area contributed by atoms with Crippen LogP contribution in [-0.4, -0.2) is 64.4 Å².